The lowest BCUT2D eigenvalue weighted by atomic mass is 10.1. The molecule has 0 bridgehead atoms. The van der Waals surface area contributed by atoms with Gasteiger partial charge in [0.25, 0.3) is 0 Å². The Morgan fingerprint density at radius 1 is 1.69 bits per heavy atom. The van der Waals surface area contributed by atoms with Gasteiger partial charge >= 0.3 is 0 Å². The molecule has 0 aromatic carbocycles. The molecule has 1 unspecified atom stereocenters. The Kier molecular flexibility index (Phi) is 3.41. The molecule has 7 heteroatoms. The highest BCUT2D eigenvalue weighted by Crippen LogP contribution is 2.28. The van der Waals surface area contributed by atoms with Crippen LogP contribution in [-0.4, -0.2) is 29.0 Å². The van der Waals surface area contributed by atoms with Crippen molar-refractivity contribution < 1.29 is 4.79 Å². The molecule has 2 rings (SSSR count). The molecule has 86 valence electrons. The minimum absolute atomic E-state index is 0.0211. The molecule has 0 aliphatic carbocycles. The zero-order valence-corrected chi connectivity index (χ0v) is 10.7. The van der Waals surface area contributed by atoms with Crippen LogP contribution in [-0.2, 0) is 4.79 Å². The highest BCUT2D eigenvalue weighted by atomic mass is 79.9. The van der Waals surface area contributed by atoms with E-state index in [4.69, 9.17) is 17.3 Å². The van der Waals surface area contributed by atoms with E-state index in [9.17, 15) is 4.79 Å². The molecule has 1 aromatic rings. The van der Waals surface area contributed by atoms with Crippen LogP contribution >= 0.6 is 27.5 Å². The third kappa shape index (κ3) is 2.18. The monoisotopic (exact) mass is 304 g/mol. The van der Waals surface area contributed by atoms with Crippen LogP contribution in [0.3, 0.4) is 0 Å². The van der Waals surface area contributed by atoms with E-state index in [2.05, 4.69) is 25.9 Å². The summed E-state index contributed by atoms with van der Waals surface area (Å²) in [4.78, 5) is 21.4. The third-order valence-corrected chi connectivity index (χ3v) is 3.19. The van der Waals surface area contributed by atoms with E-state index in [1.165, 1.54) is 6.20 Å². The van der Waals surface area contributed by atoms with Gasteiger partial charge in [0.1, 0.15) is 5.15 Å². The van der Waals surface area contributed by atoms with Gasteiger partial charge in [0, 0.05) is 13.0 Å². The Morgan fingerprint density at radius 2 is 2.44 bits per heavy atom. The lowest BCUT2D eigenvalue weighted by Gasteiger charge is -2.16. The van der Waals surface area contributed by atoms with Crippen LogP contribution in [0.15, 0.2) is 10.8 Å². The first kappa shape index (κ1) is 11.8. The van der Waals surface area contributed by atoms with Gasteiger partial charge < -0.3 is 5.73 Å². The fraction of sp³-hybridized carbons (Fsp3) is 0.444. The second-order valence-corrected chi connectivity index (χ2v) is 4.76. The predicted molar refractivity (Wildman–Crippen MR) is 64.3 cm³/mol. The number of carbonyl (C=O) groups excluding carboxylic acids is 1. The summed E-state index contributed by atoms with van der Waals surface area (Å²) < 4.78 is 0.478. The number of aromatic nitrogens is 2. The average Bonchev–Trinajstić information content (AvgIpc) is 2.60. The maximum Gasteiger partial charge on any atom is 0.228 e. The van der Waals surface area contributed by atoms with Gasteiger partial charge in [0.05, 0.1) is 6.20 Å². The zero-order chi connectivity index (χ0) is 11.7. The van der Waals surface area contributed by atoms with Crippen molar-refractivity contribution in [1.82, 2.24) is 9.97 Å². The first-order valence-electron chi connectivity index (χ1n) is 4.80. The largest absolute Gasteiger partial charge is 0.330 e. The molecular weight excluding hydrogens is 295 g/mol. The minimum atomic E-state index is 0.0211. The number of hydrogen-bond donors (Lipinski definition) is 1. The van der Waals surface area contributed by atoms with Gasteiger partial charge in [-0.3, -0.25) is 9.69 Å². The minimum Gasteiger partial charge on any atom is -0.330 e. The number of carbonyl (C=O) groups is 1. The summed E-state index contributed by atoms with van der Waals surface area (Å²) >= 11 is 8.93. The first-order chi connectivity index (χ1) is 7.61. The number of hydrogen-bond acceptors (Lipinski definition) is 4. The van der Waals surface area contributed by atoms with Crippen molar-refractivity contribution in [3.05, 3.63) is 16.0 Å². The lowest BCUT2D eigenvalue weighted by Crippen LogP contribution is -2.27. The van der Waals surface area contributed by atoms with Crippen molar-refractivity contribution in [3.8, 4) is 0 Å². The Labute approximate surface area is 106 Å². The van der Waals surface area contributed by atoms with Gasteiger partial charge in [0.15, 0.2) is 10.4 Å². The molecule has 2 N–H and O–H groups in total. The molecule has 1 aromatic heterocycles. The fourth-order valence-electron chi connectivity index (χ4n) is 1.67. The Hall–Kier alpha value is -0.720. The molecule has 0 spiro atoms. The van der Waals surface area contributed by atoms with Crippen molar-refractivity contribution in [1.29, 1.82) is 0 Å². The molecular formula is C9H10BrClN4O. The molecule has 5 nitrogen and oxygen atoms in total. The average molecular weight is 306 g/mol. The molecule has 1 atom stereocenters. The maximum atomic E-state index is 11.7. The zero-order valence-electron chi connectivity index (χ0n) is 8.36. The van der Waals surface area contributed by atoms with Crippen molar-refractivity contribution in [3.63, 3.8) is 0 Å². The van der Waals surface area contributed by atoms with Gasteiger partial charge in [-0.1, -0.05) is 11.6 Å². The number of rotatable bonds is 2. The highest BCUT2D eigenvalue weighted by molar-refractivity contribution is 9.10. The molecule has 1 aliphatic heterocycles. The van der Waals surface area contributed by atoms with Crippen LogP contribution < -0.4 is 10.6 Å². The first-order valence-corrected chi connectivity index (χ1v) is 5.97. The standard InChI is InChI=1S/C9H10BrClN4O/c10-8-9(13-3-6(11)14-8)15-4-5(2-12)1-7(15)16/h3,5H,1-2,4,12H2. The topological polar surface area (TPSA) is 72.1 Å². The van der Waals surface area contributed by atoms with Crippen molar-refractivity contribution in [2.45, 2.75) is 6.42 Å². The van der Waals surface area contributed by atoms with Gasteiger partial charge in [-0.2, -0.15) is 0 Å². The van der Waals surface area contributed by atoms with Crippen LogP contribution in [0.2, 0.25) is 5.15 Å². The summed E-state index contributed by atoms with van der Waals surface area (Å²) in [6, 6.07) is 0. The van der Waals surface area contributed by atoms with E-state index in [1.54, 1.807) is 4.90 Å². The van der Waals surface area contributed by atoms with E-state index in [1.807, 2.05) is 0 Å². The van der Waals surface area contributed by atoms with E-state index in [-0.39, 0.29) is 17.0 Å². The number of anilines is 1. The fourth-order valence-corrected chi connectivity index (χ4v) is 2.41. The SMILES string of the molecule is NCC1CC(=O)N(c2ncc(Cl)nc2Br)C1. The number of amides is 1. The number of nitrogens with two attached hydrogens (primary N) is 1. The smallest absolute Gasteiger partial charge is 0.228 e. The molecule has 1 aliphatic rings. The summed E-state index contributed by atoms with van der Waals surface area (Å²) in [5.74, 6) is 0.718. The molecule has 1 amide bonds. The molecule has 0 radical (unpaired) electrons. The van der Waals surface area contributed by atoms with Gasteiger partial charge in [-0.05, 0) is 28.4 Å². The van der Waals surface area contributed by atoms with Crippen molar-refractivity contribution in [2.24, 2.45) is 11.7 Å². The van der Waals surface area contributed by atoms with Gasteiger partial charge in [-0.15, -0.1) is 0 Å². The Morgan fingerprint density at radius 3 is 3.00 bits per heavy atom. The summed E-state index contributed by atoms with van der Waals surface area (Å²) in [5.41, 5.74) is 5.55. The van der Waals surface area contributed by atoms with E-state index in [0.29, 0.717) is 29.9 Å². The van der Waals surface area contributed by atoms with Crippen LogP contribution in [0.25, 0.3) is 0 Å². The molecule has 16 heavy (non-hydrogen) atoms. The third-order valence-electron chi connectivity index (χ3n) is 2.48. The maximum absolute atomic E-state index is 11.7. The van der Waals surface area contributed by atoms with Gasteiger partial charge in [0.2, 0.25) is 5.91 Å². The lowest BCUT2D eigenvalue weighted by molar-refractivity contribution is -0.117. The second kappa shape index (κ2) is 4.65. The van der Waals surface area contributed by atoms with Crippen LogP contribution in [0, 0.1) is 5.92 Å². The van der Waals surface area contributed by atoms with Crippen LogP contribution in [0.1, 0.15) is 6.42 Å². The van der Waals surface area contributed by atoms with E-state index >= 15 is 0 Å². The van der Waals surface area contributed by atoms with Crippen molar-refractivity contribution >= 4 is 39.3 Å². The normalized spacial score (nSPS) is 20.6. The summed E-state index contributed by atoms with van der Waals surface area (Å²) in [5, 5.41) is 0.289. The predicted octanol–water partition coefficient (Wildman–Crippen LogP) is 1.20. The summed E-state index contributed by atoms with van der Waals surface area (Å²) in [6.07, 6.45) is 1.89. The number of nitrogens with zero attached hydrogens (tertiary/aromatic N) is 3. The molecule has 1 fully saturated rings. The quantitative estimate of drug-likeness (QED) is 0.891. The van der Waals surface area contributed by atoms with Crippen LogP contribution in [0.5, 0.6) is 0 Å². The summed E-state index contributed by atoms with van der Waals surface area (Å²) in [6.45, 7) is 1.09. The van der Waals surface area contributed by atoms with Crippen LogP contribution in [0.4, 0.5) is 5.82 Å². The molecule has 0 saturated carbocycles. The van der Waals surface area contributed by atoms with Gasteiger partial charge in [-0.25, -0.2) is 9.97 Å². The van der Waals surface area contributed by atoms with E-state index in [0.717, 1.165) is 0 Å². The second-order valence-electron chi connectivity index (χ2n) is 3.62. The Bertz CT molecular complexity index is 428. The van der Waals surface area contributed by atoms with E-state index < -0.39 is 0 Å². The Balaban J connectivity index is 2.28. The van der Waals surface area contributed by atoms with Crippen molar-refractivity contribution in [2.75, 3.05) is 18.0 Å². The highest BCUT2D eigenvalue weighted by Gasteiger charge is 2.31. The summed E-state index contributed by atoms with van der Waals surface area (Å²) in [7, 11) is 0. The number of halogens is 2. The molecule has 2 heterocycles. The molecule has 1 saturated heterocycles.